The summed E-state index contributed by atoms with van der Waals surface area (Å²) in [5, 5.41) is 18.6. The van der Waals surface area contributed by atoms with Gasteiger partial charge < -0.3 is 16.0 Å². The van der Waals surface area contributed by atoms with E-state index in [1.54, 1.807) is 16.8 Å². The Balaban J connectivity index is 1.43. The number of hydrogen-bond acceptors (Lipinski definition) is 6. The van der Waals surface area contributed by atoms with Crippen molar-refractivity contribution in [2.75, 3.05) is 24.5 Å². The number of hydrogen-bond donors (Lipinski definition) is 2. The van der Waals surface area contributed by atoms with Crippen molar-refractivity contribution < 1.29 is 14.5 Å². The van der Waals surface area contributed by atoms with Crippen LogP contribution in [0.3, 0.4) is 0 Å². The molecule has 1 aromatic heterocycles. The Hall–Kier alpha value is -3.43. The van der Waals surface area contributed by atoms with Gasteiger partial charge in [0.15, 0.2) is 0 Å². The van der Waals surface area contributed by atoms with Gasteiger partial charge in [0.25, 0.3) is 17.5 Å². The minimum Gasteiger partial charge on any atom is -0.366 e. The summed E-state index contributed by atoms with van der Waals surface area (Å²) < 4.78 is 1.78. The molecular formula is C20H24N6O4. The Morgan fingerprint density at radius 1 is 1.27 bits per heavy atom. The normalized spacial score (nSPS) is 18.1. The number of nitrogens with zero attached hydrogens (tertiary/aromatic N) is 4. The van der Waals surface area contributed by atoms with Crippen LogP contribution >= 0.6 is 0 Å². The summed E-state index contributed by atoms with van der Waals surface area (Å²) in [4.78, 5) is 37.3. The maximum absolute atomic E-state index is 12.6. The van der Waals surface area contributed by atoms with Gasteiger partial charge in [0.05, 0.1) is 22.4 Å². The highest BCUT2D eigenvalue weighted by molar-refractivity contribution is 5.96. The van der Waals surface area contributed by atoms with E-state index in [-0.39, 0.29) is 23.1 Å². The Labute approximate surface area is 173 Å². The predicted octanol–water partition coefficient (Wildman–Crippen LogP) is 1.48. The van der Waals surface area contributed by atoms with E-state index in [0.29, 0.717) is 30.8 Å². The number of anilines is 1. The minimum absolute atomic E-state index is 0.0442. The molecule has 30 heavy (non-hydrogen) atoms. The Morgan fingerprint density at radius 3 is 2.73 bits per heavy atom. The van der Waals surface area contributed by atoms with E-state index < -0.39 is 10.8 Å². The second-order valence-electron chi connectivity index (χ2n) is 7.82. The summed E-state index contributed by atoms with van der Waals surface area (Å²) >= 11 is 0. The molecule has 1 aromatic carbocycles. The lowest BCUT2D eigenvalue weighted by atomic mass is 9.94. The van der Waals surface area contributed by atoms with Gasteiger partial charge >= 0.3 is 0 Å². The number of nitrogens with one attached hydrogen (secondary N) is 1. The quantitative estimate of drug-likeness (QED) is 0.545. The smallest absolute Gasteiger partial charge is 0.293 e. The van der Waals surface area contributed by atoms with Crippen LogP contribution in [-0.2, 0) is 13.0 Å². The van der Waals surface area contributed by atoms with Gasteiger partial charge in [-0.2, -0.15) is 5.10 Å². The molecule has 0 aliphatic carbocycles. The highest BCUT2D eigenvalue weighted by atomic mass is 16.6. The fraction of sp³-hybridized carbons (Fsp3) is 0.450. The summed E-state index contributed by atoms with van der Waals surface area (Å²) in [6, 6.07) is 4.65. The van der Waals surface area contributed by atoms with Crippen LogP contribution < -0.4 is 16.0 Å². The number of amides is 2. The summed E-state index contributed by atoms with van der Waals surface area (Å²) in [6.07, 6.45) is 4.90. The van der Waals surface area contributed by atoms with Crippen LogP contribution in [0.25, 0.3) is 0 Å². The Kier molecular flexibility index (Phi) is 5.39. The molecule has 3 heterocycles. The van der Waals surface area contributed by atoms with Crippen molar-refractivity contribution in [3.05, 3.63) is 51.3 Å². The summed E-state index contributed by atoms with van der Waals surface area (Å²) in [7, 11) is 0. The molecule has 1 fully saturated rings. The summed E-state index contributed by atoms with van der Waals surface area (Å²) in [5.74, 6) is -0.721. The van der Waals surface area contributed by atoms with Crippen LogP contribution in [0.4, 0.5) is 11.4 Å². The molecule has 2 aliphatic heterocycles. The molecule has 2 aromatic rings. The molecule has 10 heteroatoms. The number of benzene rings is 1. The van der Waals surface area contributed by atoms with Crippen molar-refractivity contribution in [3.63, 3.8) is 0 Å². The Bertz CT molecular complexity index is 995. The third-order valence-electron chi connectivity index (χ3n) is 5.88. The lowest BCUT2D eigenvalue weighted by molar-refractivity contribution is -0.384. The molecule has 2 aliphatic rings. The molecule has 158 valence electrons. The first kappa shape index (κ1) is 19.9. The van der Waals surface area contributed by atoms with Gasteiger partial charge in [0.2, 0.25) is 0 Å². The highest BCUT2D eigenvalue weighted by Gasteiger charge is 2.26. The SMILES string of the molecule is NC(=O)c1cnn2c1C[C@H](CNC(=O)c1ccc(N3CCCC3)c([N+](=O)[O-])c1)CC2. The van der Waals surface area contributed by atoms with Crippen molar-refractivity contribution >= 4 is 23.2 Å². The standard InChI is InChI=1S/C20H24N6O4/c21-19(27)15-12-23-25-8-5-13(9-17(15)25)11-22-20(28)14-3-4-16(18(10-14)26(29)30)24-6-1-2-7-24/h3-4,10,12-13H,1-2,5-9,11H2,(H2,21,27)(H,22,28)/t13-/m1/s1. The van der Waals surface area contributed by atoms with Gasteiger partial charge in [0.1, 0.15) is 5.69 Å². The van der Waals surface area contributed by atoms with E-state index in [9.17, 15) is 19.7 Å². The molecule has 3 N–H and O–H groups in total. The molecule has 0 radical (unpaired) electrons. The average Bonchev–Trinajstić information content (AvgIpc) is 3.41. The van der Waals surface area contributed by atoms with E-state index in [1.165, 1.54) is 12.3 Å². The van der Waals surface area contributed by atoms with Crippen LogP contribution in [0, 0.1) is 16.0 Å². The van der Waals surface area contributed by atoms with Crippen molar-refractivity contribution in [1.82, 2.24) is 15.1 Å². The fourth-order valence-corrected chi connectivity index (χ4v) is 4.25. The number of primary amides is 1. The molecule has 0 saturated carbocycles. The molecule has 1 saturated heterocycles. The Morgan fingerprint density at radius 2 is 2.03 bits per heavy atom. The highest BCUT2D eigenvalue weighted by Crippen LogP contribution is 2.31. The number of fused-ring (bicyclic) bond motifs is 1. The van der Waals surface area contributed by atoms with Crippen LogP contribution in [0.2, 0.25) is 0 Å². The molecule has 1 atom stereocenters. The van der Waals surface area contributed by atoms with Gasteiger partial charge in [-0.15, -0.1) is 0 Å². The fourth-order valence-electron chi connectivity index (χ4n) is 4.25. The number of nitro groups is 1. The molecule has 2 amide bonds. The predicted molar refractivity (Wildman–Crippen MR) is 109 cm³/mol. The first-order valence-electron chi connectivity index (χ1n) is 10.1. The molecule has 0 bridgehead atoms. The van der Waals surface area contributed by atoms with Crippen LogP contribution in [0.15, 0.2) is 24.4 Å². The summed E-state index contributed by atoms with van der Waals surface area (Å²) in [6.45, 7) is 2.64. The second-order valence-corrected chi connectivity index (χ2v) is 7.82. The zero-order valence-electron chi connectivity index (χ0n) is 16.5. The van der Waals surface area contributed by atoms with Gasteiger partial charge in [-0.05, 0) is 43.7 Å². The lowest BCUT2D eigenvalue weighted by Crippen LogP contribution is -2.34. The molecular weight excluding hydrogens is 388 g/mol. The number of nitro benzene ring substituents is 1. The van der Waals surface area contributed by atoms with Crippen molar-refractivity contribution in [2.24, 2.45) is 11.7 Å². The van der Waals surface area contributed by atoms with Gasteiger partial charge in [0, 0.05) is 37.8 Å². The summed E-state index contributed by atoms with van der Waals surface area (Å²) in [5.41, 5.74) is 7.39. The lowest BCUT2D eigenvalue weighted by Gasteiger charge is -2.24. The topological polar surface area (TPSA) is 136 Å². The maximum atomic E-state index is 12.6. The van der Waals surface area contributed by atoms with Gasteiger partial charge in [-0.1, -0.05) is 0 Å². The minimum atomic E-state index is -0.508. The molecule has 4 rings (SSSR count). The van der Waals surface area contributed by atoms with E-state index in [2.05, 4.69) is 10.4 Å². The number of aromatic nitrogens is 2. The second kappa shape index (κ2) is 8.13. The largest absolute Gasteiger partial charge is 0.366 e. The van der Waals surface area contributed by atoms with Crippen molar-refractivity contribution in [3.8, 4) is 0 Å². The van der Waals surface area contributed by atoms with Gasteiger partial charge in [-0.25, -0.2) is 0 Å². The number of carbonyl (C=O) groups excluding carboxylic acids is 2. The van der Waals surface area contributed by atoms with E-state index in [0.717, 1.165) is 38.0 Å². The van der Waals surface area contributed by atoms with E-state index in [4.69, 9.17) is 5.73 Å². The third-order valence-corrected chi connectivity index (χ3v) is 5.88. The van der Waals surface area contributed by atoms with Crippen LogP contribution in [0.1, 0.15) is 45.7 Å². The monoisotopic (exact) mass is 412 g/mol. The van der Waals surface area contributed by atoms with Gasteiger partial charge in [-0.3, -0.25) is 24.4 Å². The maximum Gasteiger partial charge on any atom is 0.293 e. The first-order chi connectivity index (χ1) is 14.4. The first-order valence-corrected chi connectivity index (χ1v) is 10.1. The zero-order valence-corrected chi connectivity index (χ0v) is 16.5. The molecule has 10 nitrogen and oxygen atoms in total. The van der Waals surface area contributed by atoms with Crippen LogP contribution in [-0.4, -0.2) is 46.2 Å². The number of rotatable bonds is 6. The molecule has 0 unspecified atom stereocenters. The van der Waals surface area contributed by atoms with Crippen LogP contribution in [0.5, 0.6) is 0 Å². The van der Waals surface area contributed by atoms with E-state index >= 15 is 0 Å². The third kappa shape index (κ3) is 3.85. The van der Waals surface area contributed by atoms with Crippen molar-refractivity contribution in [2.45, 2.75) is 32.2 Å². The molecule has 0 spiro atoms. The zero-order chi connectivity index (χ0) is 21.3. The number of nitrogens with two attached hydrogens (primary N) is 1. The average molecular weight is 412 g/mol. The number of carbonyl (C=O) groups is 2. The number of aryl methyl sites for hydroxylation is 1. The van der Waals surface area contributed by atoms with Crippen molar-refractivity contribution in [1.29, 1.82) is 0 Å². The van der Waals surface area contributed by atoms with E-state index in [1.807, 2.05) is 4.90 Å².